The summed E-state index contributed by atoms with van der Waals surface area (Å²) in [6.07, 6.45) is 11.1. The second-order valence-corrected chi connectivity index (χ2v) is 12.3. The van der Waals surface area contributed by atoms with Crippen molar-refractivity contribution in [2.45, 2.75) is 40.0 Å². The Kier molecular flexibility index (Phi) is 7.88. The first-order chi connectivity index (χ1) is 22.4. The monoisotopic (exact) mass is 621 g/mol. The summed E-state index contributed by atoms with van der Waals surface area (Å²) in [5, 5.41) is 17.2. The van der Waals surface area contributed by atoms with E-state index in [4.69, 9.17) is 0 Å². The first-order valence-electron chi connectivity index (χ1n) is 15.1. The van der Waals surface area contributed by atoms with Gasteiger partial charge in [0.2, 0.25) is 0 Å². The molecule has 0 saturated heterocycles. The highest BCUT2D eigenvalue weighted by Crippen LogP contribution is 2.30. The van der Waals surface area contributed by atoms with Crippen molar-refractivity contribution in [3.05, 3.63) is 119 Å². The highest BCUT2D eigenvalue weighted by molar-refractivity contribution is 6.05. The first-order valence-corrected chi connectivity index (χ1v) is 15.1. The molecular weight excluding hydrogens is 586 g/mol. The molecule has 47 heavy (non-hydrogen) atoms. The van der Waals surface area contributed by atoms with Crippen LogP contribution in [-0.4, -0.2) is 41.7 Å². The van der Waals surface area contributed by atoms with Gasteiger partial charge in [-0.3, -0.25) is 13.9 Å². The molecule has 10 heteroatoms. The maximum Gasteiger partial charge on any atom is 0.255 e. The van der Waals surface area contributed by atoms with E-state index in [0.717, 1.165) is 56.4 Å². The number of aromatic nitrogens is 6. The molecule has 4 heterocycles. The molecule has 0 bridgehead atoms. The number of nitriles is 1. The van der Waals surface area contributed by atoms with Crippen LogP contribution in [0.25, 0.3) is 11.3 Å². The van der Waals surface area contributed by atoms with E-state index >= 15 is 0 Å². The van der Waals surface area contributed by atoms with Crippen LogP contribution in [0.1, 0.15) is 57.8 Å². The van der Waals surface area contributed by atoms with E-state index in [-0.39, 0.29) is 5.91 Å². The molecular formula is C37H35N9O. The number of hydrogen-bond acceptors (Lipinski definition) is 6. The van der Waals surface area contributed by atoms with Crippen LogP contribution in [0.3, 0.4) is 0 Å². The Morgan fingerprint density at radius 3 is 2.51 bits per heavy atom. The molecule has 0 aliphatic heterocycles. The van der Waals surface area contributed by atoms with E-state index < -0.39 is 5.41 Å². The van der Waals surface area contributed by atoms with Crippen LogP contribution >= 0.6 is 0 Å². The van der Waals surface area contributed by atoms with Crippen LogP contribution in [0.15, 0.2) is 79.8 Å². The fraction of sp³-hybridized carbons (Fsp3) is 0.216. The third-order valence-electron chi connectivity index (χ3n) is 8.28. The van der Waals surface area contributed by atoms with Crippen LogP contribution in [0.2, 0.25) is 0 Å². The van der Waals surface area contributed by atoms with E-state index in [0.29, 0.717) is 11.3 Å². The van der Waals surface area contributed by atoms with Crippen molar-refractivity contribution in [3.8, 4) is 23.6 Å². The van der Waals surface area contributed by atoms with Gasteiger partial charge >= 0.3 is 0 Å². The number of carbonyl (C=O) groups is 1. The standard InChI is InChI=1S/C37H35N9O/c1-24-13-25(2)33(36(47)42-29-15-28(37(4,5)22-38)16-31(17-29)45-20-26(3)40-23-45)14-27(24)10-11-30-18-39-35-34(9-8-12-46(30)35)44(7)32-19-41-43(6)21-32/h8-9,12-21,23H,1-7H3,(H,42,47). The average molecular weight is 622 g/mol. The lowest BCUT2D eigenvalue weighted by Gasteiger charge is -2.19. The van der Waals surface area contributed by atoms with Gasteiger partial charge in [-0.2, -0.15) is 10.4 Å². The second-order valence-electron chi connectivity index (χ2n) is 12.3. The molecule has 0 spiro atoms. The number of imidazole rings is 2. The average Bonchev–Trinajstić information content (AvgIpc) is 3.80. The largest absolute Gasteiger partial charge is 0.339 e. The Morgan fingerprint density at radius 1 is 1.00 bits per heavy atom. The third kappa shape index (κ3) is 6.09. The molecule has 0 aliphatic carbocycles. The summed E-state index contributed by atoms with van der Waals surface area (Å²) in [4.78, 5) is 24.8. The zero-order valence-electron chi connectivity index (χ0n) is 27.5. The quantitative estimate of drug-likeness (QED) is 0.216. The van der Waals surface area contributed by atoms with Gasteiger partial charge in [0, 0.05) is 55.2 Å². The summed E-state index contributed by atoms with van der Waals surface area (Å²) >= 11 is 0. The topological polar surface area (TPSA) is 109 Å². The van der Waals surface area contributed by atoms with Crippen molar-refractivity contribution in [3.63, 3.8) is 0 Å². The Bertz CT molecular complexity index is 2270. The lowest BCUT2D eigenvalue weighted by Crippen LogP contribution is -2.18. The number of rotatable bonds is 6. The van der Waals surface area contributed by atoms with Gasteiger partial charge < -0.3 is 14.8 Å². The SMILES string of the molecule is Cc1cn(-c2cc(NC(=O)c3cc(C#Cc4cnc5c(N(C)c6cnn(C)c6)cccn45)c(C)cc3C)cc(C(C)(C)C#N)c2)cn1. The minimum absolute atomic E-state index is 0.261. The van der Waals surface area contributed by atoms with Crippen LogP contribution in [0.4, 0.5) is 17.1 Å². The zero-order chi connectivity index (χ0) is 33.5. The van der Waals surface area contributed by atoms with Crippen molar-refractivity contribution < 1.29 is 4.79 Å². The summed E-state index contributed by atoms with van der Waals surface area (Å²) in [6.45, 7) is 9.53. The smallest absolute Gasteiger partial charge is 0.255 e. The number of hydrogen-bond donors (Lipinski definition) is 1. The van der Waals surface area contributed by atoms with Gasteiger partial charge in [-0.15, -0.1) is 0 Å². The number of carbonyl (C=O) groups excluding carboxylic acids is 1. The Labute approximate surface area is 273 Å². The molecule has 2 aromatic carbocycles. The van der Waals surface area contributed by atoms with Gasteiger partial charge in [0.15, 0.2) is 5.65 Å². The molecule has 6 rings (SSSR count). The molecule has 0 aliphatic rings. The minimum atomic E-state index is -0.763. The predicted molar refractivity (Wildman–Crippen MR) is 183 cm³/mol. The van der Waals surface area contributed by atoms with Crippen LogP contribution in [-0.2, 0) is 12.5 Å². The number of pyridine rings is 1. The molecule has 0 atom stereocenters. The van der Waals surface area contributed by atoms with E-state index in [9.17, 15) is 10.1 Å². The van der Waals surface area contributed by atoms with E-state index in [1.165, 1.54) is 0 Å². The number of nitrogens with zero attached hydrogens (tertiary/aromatic N) is 8. The molecule has 0 unspecified atom stereocenters. The molecule has 10 nitrogen and oxygen atoms in total. The molecule has 4 aromatic heterocycles. The lowest BCUT2D eigenvalue weighted by molar-refractivity contribution is 0.102. The molecule has 6 aromatic rings. The molecule has 1 amide bonds. The number of fused-ring (bicyclic) bond motifs is 1. The minimum Gasteiger partial charge on any atom is -0.339 e. The number of nitrogens with one attached hydrogen (secondary N) is 1. The fourth-order valence-corrected chi connectivity index (χ4v) is 5.45. The Balaban J connectivity index is 1.31. The van der Waals surface area contributed by atoms with Crippen LogP contribution in [0.5, 0.6) is 0 Å². The maximum atomic E-state index is 13.7. The number of aryl methyl sites for hydroxylation is 4. The number of anilines is 3. The summed E-state index contributed by atoms with van der Waals surface area (Å²) in [5.74, 6) is 6.29. The van der Waals surface area contributed by atoms with Gasteiger partial charge in [-0.1, -0.05) is 12.0 Å². The van der Waals surface area contributed by atoms with Crippen molar-refractivity contribution >= 4 is 28.6 Å². The molecule has 0 fully saturated rings. The molecule has 1 N–H and O–H groups in total. The first kappa shape index (κ1) is 30.9. The van der Waals surface area contributed by atoms with Gasteiger partial charge in [0.1, 0.15) is 5.69 Å². The second kappa shape index (κ2) is 12.0. The van der Waals surface area contributed by atoms with Crippen LogP contribution < -0.4 is 10.2 Å². The van der Waals surface area contributed by atoms with Gasteiger partial charge in [-0.05, 0) is 93.6 Å². The highest BCUT2D eigenvalue weighted by atomic mass is 16.1. The Morgan fingerprint density at radius 2 is 1.81 bits per heavy atom. The number of amides is 1. The van der Waals surface area contributed by atoms with Crippen molar-refractivity contribution in [2.24, 2.45) is 7.05 Å². The van der Waals surface area contributed by atoms with Crippen LogP contribution in [0, 0.1) is 43.9 Å². The van der Waals surface area contributed by atoms with E-state index in [2.05, 4.69) is 38.3 Å². The lowest BCUT2D eigenvalue weighted by atomic mass is 9.85. The predicted octanol–water partition coefficient (Wildman–Crippen LogP) is 6.40. The normalized spacial score (nSPS) is 11.2. The van der Waals surface area contributed by atoms with E-state index in [1.807, 2.05) is 130 Å². The molecule has 0 saturated carbocycles. The zero-order valence-corrected chi connectivity index (χ0v) is 27.5. The Hall–Kier alpha value is -6.13. The van der Waals surface area contributed by atoms with Crippen molar-refractivity contribution in [1.29, 1.82) is 5.26 Å². The maximum absolute atomic E-state index is 13.7. The summed E-state index contributed by atoms with van der Waals surface area (Å²) in [6, 6.07) is 15.8. The fourth-order valence-electron chi connectivity index (χ4n) is 5.45. The molecule has 234 valence electrons. The molecule has 0 radical (unpaired) electrons. The van der Waals surface area contributed by atoms with Crippen molar-refractivity contribution in [1.82, 2.24) is 28.7 Å². The van der Waals surface area contributed by atoms with Gasteiger partial charge in [0.05, 0.1) is 47.3 Å². The van der Waals surface area contributed by atoms with E-state index in [1.54, 1.807) is 17.2 Å². The van der Waals surface area contributed by atoms with Crippen molar-refractivity contribution in [2.75, 3.05) is 17.3 Å². The number of benzene rings is 2. The third-order valence-corrected chi connectivity index (χ3v) is 8.28. The van der Waals surface area contributed by atoms with Gasteiger partial charge in [-0.25, -0.2) is 9.97 Å². The highest BCUT2D eigenvalue weighted by Gasteiger charge is 2.22. The summed E-state index contributed by atoms with van der Waals surface area (Å²) < 4.78 is 5.60. The summed E-state index contributed by atoms with van der Waals surface area (Å²) in [7, 11) is 3.87. The van der Waals surface area contributed by atoms with Gasteiger partial charge in [0.25, 0.3) is 5.91 Å². The summed E-state index contributed by atoms with van der Waals surface area (Å²) in [5.41, 5.74) is 8.72.